The number of carbonyl (C=O) groups is 1. The molecule has 78 valence electrons. The van der Waals surface area contributed by atoms with Gasteiger partial charge in [0.15, 0.2) is 5.78 Å². The fourth-order valence-corrected chi connectivity index (χ4v) is 2.03. The van der Waals surface area contributed by atoms with Gasteiger partial charge in [-0.1, -0.05) is 20.3 Å². The fourth-order valence-electron chi connectivity index (χ4n) is 1.05. The van der Waals surface area contributed by atoms with Crippen molar-refractivity contribution in [3.05, 3.63) is 16.1 Å². The Bertz CT molecular complexity index is 322. The Morgan fingerprint density at radius 1 is 1.71 bits per heavy atom. The highest BCUT2D eigenvalue weighted by molar-refractivity contribution is 7.09. The van der Waals surface area contributed by atoms with Gasteiger partial charge < -0.3 is 5.11 Å². The van der Waals surface area contributed by atoms with E-state index in [-0.39, 0.29) is 11.7 Å². The molecule has 0 aromatic carbocycles. The molecule has 0 spiro atoms. The second kappa shape index (κ2) is 4.66. The Morgan fingerprint density at radius 2 is 2.36 bits per heavy atom. The molecular weight excluding hydrogens is 198 g/mol. The second-order valence-electron chi connectivity index (χ2n) is 3.46. The number of carbonyl (C=O) groups excluding carboxylic acids is 1. The molecule has 1 aromatic heterocycles. The second-order valence-corrected chi connectivity index (χ2v) is 4.35. The monoisotopic (exact) mass is 213 g/mol. The highest BCUT2D eigenvalue weighted by Crippen LogP contribution is 2.26. The molecule has 0 aliphatic carbocycles. The van der Waals surface area contributed by atoms with Crippen molar-refractivity contribution in [3.63, 3.8) is 0 Å². The van der Waals surface area contributed by atoms with E-state index in [1.807, 2.05) is 13.8 Å². The van der Waals surface area contributed by atoms with Crippen LogP contribution >= 0.6 is 11.3 Å². The van der Waals surface area contributed by atoms with Crippen LogP contribution in [0.3, 0.4) is 0 Å². The lowest BCUT2D eigenvalue weighted by Crippen LogP contribution is -2.08. The van der Waals surface area contributed by atoms with Crippen molar-refractivity contribution >= 4 is 17.1 Å². The molecule has 2 atom stereocenters. The van der Waals surface area contributed by atoms with Crippen molar-refractivity contribution in [2.24, 2.45) is 5.92 Å². The van der Waals surface area contributed by atoms with Crippen LogP contribution in [0.5, 0.6) is 0 Å². The van der Waals surface area contributed by atoms with Crippen molar-refractivity contribution in [1.82, 2.24) is 4.98 Å². The van der Waals surface area contributed by atoms with Crippen LogP contribution in [0, 0.1) is 5.92 Å². The molecular formula is C10H15NO2S. The number of ketones is 1. The van der Waals surface area contributed by atoms with Crippen LogP contribution in [0.2, 0.25) is 0 Å². The summed E-state index contributed by atoms with van der Waals surface area (Å²) < 4.78 is 0. The average Bonchev–Trinajstić information content (AvgIpc) is 2.64. The Kier molecular flexibility index (Phi) is 3.77. The summed E-state index contributed by atoms with van der Waals surface area (Å²) in [5, 5.41) is 12.2. The SMILES string of the molecule is CCC(C)C(O)c1nc(C(C)=O)cs1. The van der Waals surface area contributed by atoms with Crippen LogP contribution in [0.25, 0.3) is 0 Å². The molecule has 0 saturated heterocycles. The van der Waals surface area contributed by atoms with Gasteiger partial charge in [-0.3, -0.25) is 4.79 Å². The lowest BCUT2D eigenvalue weighted by Gasteiger charge is -2.13. The quantitative estimate of drug-likeness (QED) is 0.781. The molecule has 1 N–H and O–H groups in total. The van der Waals surface area contributed by atoms with Gasteiger partial charge in [0, 0.05) is 12.3 Å². The van der Waals surface area contributed by atoms with Gasteiger partial charge >= 0.3 is 0 Å². The van der Waals surface area contributed by atoms with Gasteiger partial charge in [-0.05, 0) is 5.92 Å². The molecule has 1 aromatic rings. The van der Waals surface area contributed by atoms with E-state index in [4.69, 9.17) is 0 Å². The van der Waals surface area contributed by atoms with Crippen molar-refractivity contribution in [2.45, 2.75) is 33.3 Å². The zero-order chi connectivity index (χ0) is 10.7. The predicted octanol–water partition coefficient (Wildman–Crippen LogP) is 2.43. The van der Waals surface area contributed by atoms with Gasteiger partial charge in [-0.15, -0.1) is 11.3 Å². The van der Waals surface area contributed by atoms with Gasteiger partial charge in [0.2, 0.25) is 0 Å². The van der Waals surface area contributed by atoms with Gasteiger partial charge in [0.1, 0.15) is 16.8 Å². The first-order valence-corrected chi connectivity index (χ1v) is 5.58. The van der Waals surface area contributed by atoms with E-state index in [9.17, 15) is 9.90 Å². The van der Waals surface area contributed by atoms with Crippen molar-refractivity contribution < 1.29 is 9.90 Å². The van der Waals surface area contributed by atoms with Crippen molar-refractivity contribution in [2.75, 3.05) is 0 Å². The third kappa shape index (κ3) is 2.39. The summed E-state index contributed by atoms with van der Waals surface area (Å²) >= 11 is 1.35. The largest absolute Gasteiger partial charge is 0.386 e. The summed E-state index contributed by atoms with van der Waals surface area (Å²) in [6, 6.07) is 0. The Hall–Kier alpha value is -0.740. The maximum absolute atomic E-state index is 11.0. The van der Waals surface area contributed by atoms with Gasteiger partial charge in [0.25, 0.3) is 0 Å². The predicted molar refractivity (Wildman–Crippen MR) is 56.5 cm³/mol. The molecule has 0 amide bonds. The minimum absolute atomic E-state index is 0.0520. The normalized spacial score (nSPS) is 15.1. The molecule has 0 aliphatic heterocycles. The van der Waals surface area contributed by atoms with E-state index in [0.717, 1.165) is 6.42 Å². The fraction of sp³-hybridized carbons (Fsp3) is 0.600. The molecule has 4 heteroatoms. The summed E-state index contributed by atoms with van der Waals surface area (Å²) in [5.74, 6) is 0.129. The minimum atomic E-state index is -0.543. The maximum atomic E-state index is 11.0. The topological polar surface area (TPSA) is 50.2 Å². The summed E-state index contributed by atoms with van der Waals surface area (Å²) in [6.07, 6.45) is 0.356. The van der Waals surface area contributed by atoms with Crippen LogP contribution < -0.4 is 0 Å². The van der Waals surface area contributed by atoms with Crippen LogP contribution in [0.15, 0.2) is 5.38 Å². The standard InChI is InChI=1S/C10H15NO2S/c1-4-6(2)9(13)10-11-8(5-14-10)7(3)12/h5-6,9,13H,4H2,1-3H3. The molecule has 0 fully saturated rings. The molecule has 1 heterocycles. The Balaban J connectivity index is 2.81. The maximum Gasteiger partial charge on any atom is 0.178 e. The number of aliphatic hydroxyl groups excluding tert-OH is 1. The summed E-state index contributed by atoms with van der Waals surface area (Å²) in [6.45, 7) is 5.47. The molecule has 3 nitrogen and oxygen atoms in total. The van der Waals surface area contributed by atoms with Crippen molar-refractivity contribution in [1.29, 1.82) is 0 Å². The first-order valence-electron chi connectivity index (χ1n) is 4.70. The lowest BCUT2D eigenvalue weighted by atomic mass is 10.0. The number of rotatable bonds is 4. The van der Waals surface area contributed by atoms with Crippen LogP contribution in [-0.4, -0.2) is 15.9 Å². The summed E-state index contributed by atoms with van der Waals surface area (Å²) in [5.41, 5.74) is 0.451. The van der Waals surface area contributed by atoms with Crippen LogP contribution in [-0.2, 0) is 0 Å². The summed E-state index contributed by atoms with van der Waals surface area (Å²) in [7, 11) is 0. The van der Waals surface area contributed by atoms with Gasteiger partial charge in [0.05, 0.1) is 0 Å². The Morgan fingerprint density at radius 3 is 2.79 bits per heavy atom. The number of nitrogens with zero attached hydrogens (tertiary/aromatic N) is 1. The zero-order valence-corrected chi connectivity index (χ0v) is 9.47. The van der Waals surface area contributed by atoms with Crippen LogP contribution in [0.1, 0.15) is 48.8 Å². The number of thiazole rings is 1. The van der Waals surface area contributed by atoms with E-state index in [2.05, 4.69) is 4.98 Å². The number of hydrogen-bond donors (Lipinski definition) is 1. The van der Waals surface area contributed by atoms with Gasteiger partial charge in [-0.2, -0.15) is 0 Å². The lowest BCUT2D eigenvalue weighted by molar-refractivity contribution is 0.100. The van der Waals surface area contributed by atoms with Crippen molar-refractivity contribution in [3.8, 4) is 0 Å². The summed E-state index contributed by atoms with van der Waals surface area (Å²) in [4.78, 5) is 15.1. The molecule has 0 bridgehead atoms. The molecule has 14 heavy (non-hydrogen) atoms. The number of aliphatic hydroxyl groups is 1. The number of hydrogen-bond acceptors (Lipinski definition) is 4. The van der Waals surface area contributed by atoms with E-state index in [1.54, 1.807) is 5.38 Å². The van der Waals surface area contributed by atoms with Crippen LogP contribution in [0.4, 0.5) is 0 Å². The van der Waals surface area contributed by atoms with E-state index in [1.165, 1.54) is 18.3 Å². The van der Waals surface area contributed by atoms with E-state index < -0.39 is 6.10 Å². The highest BCUT2D eigenvalue weighted by Gasteiger charge is 2.18. The minimum Gasteiger partial charge on any atom is -0.386 e. The number of Topliss-reactive ketones (excluding diaryl/α,β-unsaturated/α-hetero) is 1. The van der Waals surface area contributed by atoms with E-state index in [0.29, 0.717) is 10.7 Å². The molecule has 0 aliphatic rings. The third-order valence-electron chi connectivity index (χ3n) is 2.32. The Labute approximate surface area is 87.8 Å². The highest BCUT2D eigenvalue weighted by atomic mass is 32.1. The molecule has 0 saturated carbocycles. The third-order valence-corrected chi connectivity index (χ3v) is 3.23. The zero-order valence-electron chi connectivity index (χ0n) is 8.65. The first-order chi connectivity index (χ1) is 6.56. The smallest absolute Gasteiger partial charge is 0.178 e. The first kappa shape index (κ1) is 11.3. The average molecular weight is 213 g/mol. The van der Waals surface area contributed by atoms with E-state index >= 15 is 0 Å². The molecule has 2 unspecified atom stereocenters. The molecule has 1 rings (SSSR count). The number of aromatic nitrogens is 1. The van der Waals surface area contributed by atoms with Gasteiger partial charge in [-0.25, -0.2) is 4.98 Å². The molecule has 0 radical (unpaired) electrons.